The number of nitrogens with one attached hydrogen (secondary N) is 1. The minimum atomic E-state index is -1.32. The van der Waals surface area contributed by atoms with E-state index in [1.165, 1.54) is 0 Å². The number of hydrogen-bond donors (Lipinski definition) is 3. The molecule has 132 valence electrons. The van der Waals surface area contributed by atoms with E-state index in [0.717, 1.165) is 12.0 Å². The Morgan fingerprint density at radius 1 is 1.12 bits per heavy atom. The van der Waals surface area contributed by atoms with Gasteiger partial charge in [0.1, 0.15) is 6.04 Å². The van der Waals surface area contributed by atoms with E-state index in [1.54, 1.807) is 24.3 Å². The molecule has 0 heterocycles. The number of aliphatic carboxylic acids is 2. The summed E-state index contributed by atoms with van der Waals surface area (Å²) in [6, 6.07) is 7.62. The fourth-order valence-corrected chi connectivity index (χ4v) is 2.17. The summed E-state index contributed by atoms with van der Waals surface area (Å²) in [6.07, 6.45) is 0.638. The van der Waals surface area contributed by atoms with Crippen LogP contribution in [0.1, 0.15) is 31.7 Å². The fourth-order valence-electron chi connectivity index (χ4n) is 2.17. The summed E-state index contributed by atoms with van der Waals surface area (Å²) in [6.45, 7) is 2.13. The SMILES string of the molecule is CCCCOC(=O)N[C@@H](CC(Cc1ccccc1)C(=O)O)C(=O)O. The van der Waals surface area contributed by atoms with Gasteiger partial charge in [-0.3, -0.25) is 4.79 Å². The van der Waals surface area contributed by atoms with Gasteiger partial charge in [-0.15, -0.1) is 0 Å². The lowest BCUT2D eigenvalue weighted by Crippen LogP contribution is -2.43. The molecule has 0 saturated carbocycles. The first-order valence-electron chi connectivity index (χ1n) is 7.86. The average Bonchev–Trinajstić information content (AvgIpc) is 2.54. The maximum atomic E-state index is 11.6. The van der Waals surface area contributed by atoms with E-state index in [9.17, 15) is 24.6 Å². The van der Waals surface area contributed by atoms with Crippen LogP contribution in [0, 0.1) is 5.92 Å². The van der Waals surface area contributed by atoms with E-state index in [1.807, 2.05) is 13.0 Å². The van der Waals surface area contributed by atoms with Crippen LogP contribution in [0.25, 0.3) is 0 Å². The van der Waals surface area contributed by atoms with Gasteiger partial charge in [0.25, 0.3) is 0 Å². The van der Waals surface area contributed by atoms with Gasteiger partial charge in [-0.25, -0.2) is 9.59 Å². The van der Waals surface area contributed by atoms with Crippen molar-refractivity contribution in [2.75, 3.05) is 6.61 Å². The van der Waals surface area contributed by atoms with Crippen LogP contribution in [-0.2, 0) is 20.7 Å². The van der Waals surface area contributed by atoms with Gasteiger partial charge in [0.2, 0.25) is 0 Å². The van der Waals surface area contributed by atoms with Crippen molar-refractivity contribution in [1.29, 1.82) is 0 Å². The predicted octanol–water partition coefficient (Wildman–Crippen LogP) is 2.30. The molecule has 3 N–H and O–H groups in total. The first kappa shape index (κ1) is 19.5. The first-order valence-corrected chi connectivity index (χ1v) is 7.86. The minimum Gasteiger partial charge on any atom is -0.481 e. The number of carbonyl (C=O) groups is 3. The molecular weight excluding hydrogens is 314 g/mol. The molecule has 0 aliphatic heterocycles. The molecule has 1 rings (SSSR count). The molecule has 0 aliphatic rings. The number of hydrogen-bond acceptors (Lipinski definition) is 4. The molecule has 7 heteroatoms. The number of carboxylic acid groups (broad SMARTS) is 2. The maximum Gasteiger partial charge on any atom is 0.407 e. The molecule has 7 nitrogen and oxygen atoms in total. The molecule has 1 aromatic carbocycles. The predicted molar refractivity (Wildman–Crippen MR) is 86.7 cm³/mol. The van der Waals surface area contributed by atoms with Gasteiger partial charge in [-0.05, 0) is 24.8 Å². The smallest absolute Gasteiger partial charge is 0.407 e. The van der Waals surface area contributed by atoms with Crippen molar-refractivity contribution in [1.82, 2.24) is 5.32 Å². The van der Waals surface area contributed by atoms with Gasteiger partial charge in [-0.1, -0.05) is 43.7 Å². The Morgan fingerprint density at radius 2 is 1.79 bits per heavy atom. The second kappa shape index (κ2) is 10.3. The van der Waals surface area contributed by atoms with Crippen LogP contribution in [-0.4, -0.2) is 40.9 Å². The Kier molecular flexibility index (Phi) is 8.32. The Labute approximate surface area is 140 Å². The molecule has 1 unspecified atom stereocenters. The number of rotatable bonds is 10. The highest BCUT2D eigenvalue weighted by molar-refractivity contribution is 5.81. The quantitative estimate of drug-likeness (QED) is 0.565. The van der Waals surface area contributed by atoms with E-state index >= 15 is 0 Å². The van der Waals surface area contributed by atoms with Crippen LogP contribution in [0.2, 0.25) is 0 Å². The molecule has 24 heavy (non-hydrogen) atoms. The third-order valence-electron chi connectivity index (χ3n) is 3.52. The number of ether oxygens (including phenoxy) is 1. The van der Waals surface area contributed by atoms with E-state index in [2.05, 4.69) is 5.32 Å². The summed E-state index contributed by atoms with van der Waals surface area (Å²) >= 11 is 0. The molecule has 0 bridgehead atoms. The van der Waals surface area contributed by atoms with Crippen LogP contribution in [0.15, 0.2) is 30.3 Å². The lowest BCUT2D eigenvalue weighted by Gasteiger charge is -2.19. The number of carboxylic acids is 2. The Bertz CT molecular complexity index is 545. The summed E-state index contributed by atoms with van der Waals surface area (Å²) in [5.41, 5.74) is 0.791. The summed E-state index contributed by atoms with van der Waals surface area (Å²) in [5, 5.41) is 20.8. The van der Waals surface area contributed by atoms with E-state index in [0.29, 0.717) is 6.42 Å². The van der Waals surface area contributed by atoms with Crippen LogP contribution in [0.3, 0.4) is 0 Å². The largest absolute Gasteiger partial charge is 0.481 e. The van der Waals surface area contributed by atoms with Crippen LogP contribution in [0.5, 0.6) is 0 Å². The summed E-state index contributed by atoms with van der Waals surface area (Å²) < 4.78 is 4.86. The van der Waals surface area contributed by atoms with Gasteiger partial charge in [-0.2, -0.15) is 0 Å². The van der Waals surface area contributed by atoms with Crippen molar-refractivity contribution in [2.24, 2.45) is 5.92 Å². The van der Waals surface area contributed by atoms with Gasteiger partial charge in [0, 0.05) is 0 Å². The number of benzene rings is 1. The average molecular weight is 337 g/mol. The van der Waals surface area contributed by atoms with Gasteiger partial charge >= 0.3 is 18.0 Å². The van der Waals surface area contributed by atoms with Crippen molar-refractivity contribution in [3.05, 3.63) is 35.9 Å². The van der Waals surface area contributed by atoms with Gasteiger partial charge < -0.3 is 20.3 Å². The Morgan fingerprint density at radius 3 is 2.33 bits per heavy atom. The van der Waals surface area contributed by atoms with E-state index < -0.39 is 30.0 Å². The first-order chi connectivity index (χ1) is 11.4. The molecule has 0 radical (unpaired) electrons. The maximum absolute atomic E-state index is 11.6. The third-order valence-corrected chi connectivity index (χ3v) is 3.52. The topological polar surface area (TPSA) is 113 Å². The van der Waals surface area contributed by atoms with Gasteiger partial charge in [0.15, 0.2) is 0 Å². The standard InChI is InChI=1S/C17H23NO6/c1-2-3-9-24-17(23)18-14(16(21)22)11-13(15(19)20)10-12-7-5-4-6-8-12/h4-8,13-14H,2-3,9-11H2,1H3,(H,18,23)(H,19,20)(H,21,22)/t13?,14-/m0/s1. The van der Waals surface area contributed by atoms with Crippen molar-refractivity contribution in [2.45, 2.75) is 38.6 Å². The lowest BCUT2D eigenvalue weighted by atomic mass is 9.93. The molecular formula is C17H23NO6. The normalized spacial score (nSPS) is 12.9. The van der Waals surface area contributed by atoms with Crippen molar-refractivity contribution < 1.29 is 29.3 Å². The number of carbonyl (C=O) groups excluding carboxylic acids is 1. The monoisotopic (exact) mass is 337 g/mol. The Balaban J connectivity index is 2.67. The zero-order valence-electron chi connectivity index (χ0n) is 13.6. The van der Waals surface area contributed by atoms with Crippen molar-refractivity contribution in [3.8, 4) is 0 Å². The Hall–Kier alpha value is -2.57. The minimum absolute atomic E-state index is 0.187. The highest BCUT2D eigenvalue weighted by Crippen LogP contribution is 2.15. The lowest BCUT2D eigenvalue weighted by molar-refractivity contribution is -0.144. The highest BCUT2D eigenvalue weighted by atomic mass is 16.5. The highest BCUT2D eigenvalue weighted by Gasteiger charge is 2.28. The number of amides is 1. The van der Waals surface area contributed by atoms with E-state index in [4.69, 9.17) is 4.74 Å². The summed E-state index contributed by atoms with van der Waals surface area (Å²) in [7, 11) is 0. The molecule has 0 aliphatic carbocycles. The zero-order valence-corrected chi connectivity index (χ0v) is 13.6. The van der Waals surface area contributed by atoms with Crippen LogP contribution >= 0.6 is 0 Å². The molecule has 1 aromatic rings. The number of unbranched alkanes of at least 4 members (excludes halogenated alkanes) is 1. The summed E-state index contributed by atoms with van der Waals surface area (Å²) in [5.74, 6) is -3.32. The van der Waals surface area contributed by atoms with Crippen molar-refractivity contribution >= 4 is 18.0 Å². The molecule has 0 fully saturated rings. The summed E-state index contributed by atoms with van der Waals surface area (Å²) in [4.78, 5) is 34.3. The second-order valence-corrected chi connectivity index (χ2v) is 5.49. The molecule has 0 saturated heterocycles. The molecule has 0 aromatic heterocycles. The molecule has 1 amide bonds. The molecule has 2 atom stereocenters. The van der Waals surface area contributed by atoms with E-state index in [-0.39, 0.29) is 19.4 Å². The third kappa shape index (κ3) is 7.13. The second-order valence-electron chi connectivity index (χ2n) is 5.49. The van der Waals surface area contributed by atoms with Gasteiger partial charge in [0.05, 0.1) is 12.5 Å². The fraction of sp³-hybridized carbons (Fsp3) is 0.471. The van der Waals surface area contributed by atoms with Crippen LogP contribution in [0.4, 0.5) is 4.79 Å². The van der Waals surface area contributed by atoms with Crippen molar-refractivity contribution in [3.63, 3.8) is 0 Å². The number of alkyl carbamates (subject to hydrolysis) is 1. The molecule has 0 spiro atoms. The zero-order chi connectivity index (χ0) is 17.9. The van der Waals surface area contributed by atoms with Crippen LogP contribution < -0.4 is 5.32 Å².